The Hall–Kier alpha value is -2.83. The number of carbonyl (C=O) groups excluding carboxylic acids is 1. The Bertz CT molecular complexity index is 824. The van der Waals surface area contributed by atoms with Gasteiger partial charge in [-0.15, -0.1) is 0 Å². The first kappa shape index (κ1) is 18.9. The topological polar surface area (TPSA) is 93.4 Å². The Labute approximate surface area is 159 Å². The fourth-order valence-electron chi connectivity index (χ4n) is 3.36. The van der Waals surface area contributed by atoms with Crippen LogP contribution in [0.1, 0.15) is 30.9 Å². The number of anilines is 4. The predicted molar refractivity (Wildman–Crippen MR) is 107 cm³/mol. The maximum absolute atomic E-state index is 12.1. The van der Waals surface area contributed by atoms with Gasteiger partial charge in [0, 0.05) is 18.8 Å². The van der Waals surface area contributed by atoms with E-state index in [9.17, 15) is 4.79 Å². The summed E-state index contributed by atoms with van der Waals surface area (Å²) < 4.78 is 5.18. The number of nitrogens with one attached hydrogen (secondary N) is 1. The predicted octanol–water partition coefficient (Wildman–Crippen LogP) is 3.20. The van der Waals surface area contributed by atoms with Gasteiger partial charge in [-0.05, 0) is 50.8 Å². The highest BCUT2D eigenvalue weighted by Gasteiger charge is 2.29. The van der Waals surface area contributed by atoms with Crippen LogP contribution in [0.15, 0.2) is 24.5 Å². The van der Waals surface area contributed by atoms with Gasteiger partial charge in [-0.1, -0.05) is 12.1 Å². The highest BCUT2D eigenvalue weighted by atomic mass is 16.5. The number of rotatable bonds is 5. The molecule has 0 radical (unpaired) electrons. The zero-order chi connectivity index (χ0) is 19.4. The Morgan fingerprint density at radius 2 is 2.19 bits per heavy atom. The number of nitrogen functional groups attached to an aromatic ring is 1. The molecule has 1 atom stereocenters. The molecule has 0 saturated carbocycles. The first-order valence-electron chi connectivity index (χ1n) is 9.36. The molecule has 0 spiro atoms. The number of benzene rings is 1. The van der Waals surface area contributed by atoms with E-state index in [-0.39, 0.29) is 11.9 Å². The fourth-order valence-corrected chi connectivity index (χ4v) is 3.36. The zero-order valence-electron chi connectivity index (χ0n) is 16.2. The van der Waals surface area contributed by atoms with Gasteiger partial charge in [-0.25, -0.2) is 9.97 Å². The molecule has 1 aliphatic heterocycles. The molecule has 1 aromatic heterocycles. The summed E-state index contributed by atoms with van der Waals surface area (Å²) in [4.78, 5) is 22.9. The molecule has 1 aromatic carbocycles. The van der Waals surface area contributed by atoms with E-state index in [1.54, 1.807) is 0 Å². The number of aromatic nitrogens is 2. The van der Waals surface area contributed by atoms with Gasteiger partial charge in [-0.3, -0.25) is 4.79 Å². The lowest BCUT2D eigenvalue weighted by atomic mass is 9.98. The average molecular weight is 369 g/mol. The quantitative estimate of drug-likeness (QED) is 0.782. The van der Waals surface area contributed by atoms with Gasteiger partial charge in [-0.2, -0.15) is 0 Å². The number of carbonyl (C=O) groups is 1. The van der Waals surface area contributed by atoms with Gasteiger partial charge in [0.25, 0.3) is 0 Å². The van der Waals surface area contributed by atoms with Crippen LogP contribution in [0.3, 0.4) is 0 Å². The van der Waals surface area contributed by atoms with Crippen molar-refractivity contribution in [3.63, 3.8) is 0 Å². The summed E-state index contributed by atoms with van der Waals surface area (Å²) in [6, 6.07) is 6.19. The summed E-state index contributed by atoms with van der Waals surface area (Å²) in [5, 5.41) is 3.32. The van der Waals surface area contributed by atoms with Crippen LogP contribution in [0.2, 0.25) is 0 Å². The van der Waals surface area contributed by atoms with Crippen LogP contribution in [0.4, 0.5) is 23.0 Å². The Balaban J connectivity index is 1.82. The van der Waals surface area contributed by atoms with E-state index in [1.807, 2.05) is 20.8 Å². The van der Waals surface area contributed by atoms with Crippen molar-refractivity contribution in [1.29, 1.82) is 0 Å². The van der Waals surface area contributed by atoms with Crippen molar-refractivity contribution in [3.05, 3.63) is 35.7 Å². The number of piperidine rings is 1. The number of ether oxygens (including phenoxy) is 1. The fraction of sp³-hybridized carbons (Fsp3) is 0.450. The molecule has 7 nitrogen and oxygen atoms in total. The van der Waals surface area contributed by atoms with Crippen molar-refractivity contribution >= 4 is 29.0 Å². The first-order valence-corrected chi connectivity index (χ1v) is 9.36. The lowest BCUT2D eigenvalue weighted by Gasteiger charge is -2.33. The van der Waals surface area contributed by atoms with Gasteiger partial charge in [0.15, 0.2) is 11.6 Å². The molecule has 2 aromatic rings. The number of hydrogen-bond acceptors (Lipinski definition) is 7. The summed E-state index contributed by atoms with van der Waals surface area (Å²) in [6.45, 7) is 7.67. The highest BCUT2D eigenvalue weighted by Crippen LogP contribution is 2.32. The van der Waals surface area contributed by atoms with Crippen LogP contribution in [0.25, 0.3) is 0 Å². The molecule has 0 aliphatic carbocycles. The maximum Gasteiger partial charge on any atom is 0.310 e. The monoisotopic (exact) mass is 369 g/mol. The lowest BCUT2D eigenvalue weighted by Crippen LogP contribution is -2.40. The smallest absolute Gasteiger partial charge is 0.310 e. The van der Waals surface area contributed by atoms with Crippen LogP contribution in [0.5, 0.6) is 0 Å². The van der Waals surface area contributed by atoms with Gasteiger partial charge in [0.05, 0.1) is 12.5 Å². The number of esters is 1. The largest absolute Gasteiger partial charge is 0.466 e. The summed E-state index contributed by atoms with van der Waals surface area (Å²) in [6.07, 6.45) is 3.23. The molecule has 0 amide bonds. The van der Waals surface area contributed by atoms with Crippen LogP contribution < -0.4 is 16.0 Å². The van der Waals surface area contributed by atoms with Crippen molar-refractivity contribution < 1.29 is 9.53 Å². The van der Waals surface area contributed by atoms with Crippen LogP contribution in [0, 0.1) is 19.8 Å². The van der Waals surface area contributed by atoms with E-state index in [0.29, 0.717) is 30.5 Å². The minimum Gasteiger partial charge on any atom is -0.466 e. The molecular weight excluding hydrogens is 342 g/mol. The Morgan fingerprint density at radius 1 is 1.37 bits per heavy atom. The highest BCUT2D eigenvalue weighted by molar-refractivity contribution is 5.80. The second-order valence-electron chi connectivity index (χ2n) is 6.94. The van der Waals surface area contributed by atoms with Gasteiger partial charge in [0.2, 0.25) is 0 Å². The summed E-state index contributed by atoms with van der Waals surface area (Å²) in [7, 11) is 0. The summed E-state index contributed by atoms with van der Waals surface area (Å²) in [5.41, 5.74) is 10.1. The molecule has 3 rings (SSSR count). The van der Waals surface area contributed by atoms with Gasteiger partial charge in [0.1, 0.15) is 12.0 Å². The Kier molecular flexibility index (Phi) is 5.78. The lowest BCUT2D eigenvalue weighted by molar-refractivity contribution is -0.148. The minimum atomic E-state index is -0.150. The molecular formula is C20H27N5O2. The second-order valence-corrected chi connectivity index (χ2v) is 6.94. The SMILES string of the molecule is CCOC(=O)C1CCCN(c2ncnc(Nc3cc(C)ccc3C)c2N)C1. The number of nitrogens with two attached hydrogens (primary N) is 1. The first-order chi connectivity index (χ1) is 13.0. The zero-order valence-corrected chi connectivity index (χ0v) is 16.2. The second kappa shape index (κ2) is 8.24. The molecule has 1 aliphatic rings. The third-order valence-corrected chi connectivity index (χ3v) is 4.85. The standard InChI is InChI=1S/C20H27N5O2/c1-4-27-20(26)15-6-5-9-25(11-15)19-17(21)18(22-12-23-19)24-16-10-13(2)7-8-14(16)3/h7-8,10,12,15H,4-6,9,11,21H2,1-3H3,(H,22,23,24). The molecule has 7 heteroatoms. The molecule has 2 heterocycles. The number of hydrogen-bond donors (Lipinski definition) is 2. The van der Waals surface area contributed by atoms with Crippen LogP contribution >= 0.6 is 0 Å². The normalized spacial score (nSPS) is 16.9. The molecule has 3 N–H and O–H groups in total. The summed E-state index contributed by atoms with van der Waals surface area (Å²) in [5.74, 6) is 0.936. The molecule has 27 heavy (non-hydrogen) atoms. The van der Waals surface area contributed by atoms with Gasteiger partial charge >= 0.3 is 5.97 Å². The van der Waals surface area contributed by atoms with Crippen LogP contribution in [-0.2, 0) is 9.53 Å². The van der Waals surface area contributed by atoms with E-state index < -0.39 is 0 Å². The average Bonchev–Trinajstić information content (AvgIpc) is 2.66. The van der Waals surface area contributed by atoms with Crippen molar-refractivity contribution in [2.45, 2.75) is 33.6 Å². The van der Waals surface area contributed by atoms with E-state index in [0.717, 1.165) is 36.2 Å². The third-order valence-electron chi connectivity index (χ3n) is 4.85. The van der Waals surface area contributed by atoms with Crippen LogP contribution in [-0.4, -0.2) is 35.6 Å². The van der Waals surface area contributed by atoms with E-state index in [4.69, 9.17) is 10.5 Å². The van der Waals surface area contributed by atoms with Gasteiger partial charge < -0.3 is 20.7 Å². The number of nitrogens with zero attached hydrogens (tertiary/aromatic N) is 3. The molecule has 0 bridgehead atoms. The molecule has 1 unspecified atom stereocenters. The number of aryl methyl sites for hydroxylation is 2. The maximum atomic E-state index is 12.1. The molecule has 1 fully saturated rings. The minimum absolute atomic E-state index is 0.149. The summed E-state index contributed by atoms with van der Waals surface area (Å²) >= 11 is 0. The molecule has 1 saturated heterocycles. The van der Waals surface area contributed by atoms with Crippen molar-refractivity contribution in [2.75, 3.05) is 35.6 Å². The van der Waals surface area contributed by atoms with E-state index in [1.165, 1.54) is 6.33 Å². The van der Waals surface area contributed by atoms with Crippen molar-refractivity contribution in [2.24, 2.45) is 5.92 Å². The van der Waals surface area contributed by atoms with Crippen molar-refractivity contribution in [1.82, 2.24) is 9.97 Å². The molecule has 144 valence electrons. The third kappa shape index (κ3) is 4.30. The Morgan fingerprint density at radius 3 is 2.96 bits per heavy atom. The van der Waals surface area contributed by atoms with Crippen molar-refractivity contribution in [3.8, 4) is 0 Å². The van der Waals surface area contributed by atoms with E-state index in [2.05, 4.69) is 38.4 Å². The van der Waals surface area contributed by atoms with E-state index >= 15 is 0 Å².